The summed E-state index contributed by atoms with van der Waals surface area (Å²) in [5.74, 6) is 0.541. The van der Waals surface area contributed by atoms with E-state index in [1.54, 1.807) is 23.4 Å². The molecule has 1 amide bonds. The second-order valence-corrected chi connectivity index (χ2v) is 16.8. The lowest BCUT2D eigenvalue weighted by atomic mass is 9.72. The predicted molar refractivity (Wildman–Crippen MR) is 185 cm³/mol. The Bertz CT molecular complexity index is 1720. The summed E-state index contributed by atoms with van der Waals surface area (Å²) in [7, 11) is -3.64. The quantitative estimate of drug-likeness (QED) is 0.294. The van der Waals surface area contributed by atoms with Gasteiger partial charge in [-0.25, -0.2) is 32.5 Å². The number of thiazole rings is 1. The van der Waals surface area contributed by atoms with Gasteiger partial charge in [-0.1, -0.05) is 0 Å². The number of carbonyl (C=O) groups excluding carboxylic acids is 1. The Hall–Kier alpha value is -3.24. The van der Waals surface area contributed by atoms with E-state index in [2.05, 4.69) is 29.5 Å². The number of carbonyl (C=O) groups is 1. The van der Waals surface area contributed by atoms with Crippen LogP contribution in [0, 0.1) is 18.2 Å². The lowest BCUT2D eigenvalue weighted by molar-refractivity contribution is -0.0299. The first kappa shape index (κ1) is 35.6. The van der Waals surface area contributed by atoms with E-state index >= 15 is 0 Å². The van der Waals surface area contributed by atoms with E-state index in [9.17, 15) is 17.6 Å². The Balaban J connectivity index is 1.01. The van der Waals surface area contributed by atoms with Crippen LogP contribution in [0.15, 0.2) is 41.1 Å². The van der Waals surface area contributed by atoms with Crippen molar-refractivity contribution < 1.29 is 27.1 Å². The zero-order valence-corrected chi connectivity index (χ0v) is 30.4. The van der Waals surface area contributed by atoms with Gasteiger partial charge in [0.25, 0.3) is 15.9 Å². The molecule has 0 radical (unpaired) electrons. The molecule has 49 heavy (non-hydrogen) atoms. The summed E-state index contributed by atoms with van der Waals surface area (Å²) in [6.45, 7) is 14.3. The first-order valence-corrected chi connectivity index (χ1v) is 19.3. The third-order valence-electron chi connectivity index (χ3n) is 9.69. The Labute approximate surface area is 292 Å². The number of likely N-dealkylation sites (tertiary alicyclic amines) is 1. The Morgan fingerprint density at radius 3 is 2.53 bits per heavy atom. The van der Waals surface area contributed by atoms with Crippen molar-refractivity contribution in [2.45, 2.75) is 89.6 Å². The summed E-state index contributed by atoms with van der Waals surface area (Å²) in [6.07, 6.45) is 6.77. The average Bonchev–Trinajstić information content (AvgIpc) is 3.49. The topological polar surface area (TPSA) is 130 Å². The van der Waals surface area contributed by atoms with Crippen LogP contribution in [0.25, 0.3) is 0 Å². The lowest BCUT2D eigenvalue weighted by Crippen LogP contribution is -2.61. The van der Waals surface area contributed by atoms with Gasteiger partial charge in [-0.15, -0.1) is 11.3 Å². The van der Waals surface area contributed by atoms with Gasteiger partial charge < -0.3 is 24.2 Å². The highest BCUT2D eigenvalue weighted by Crippen LogP contribution is 2.45. The van der Waals surface area contributed by atoms with Crippen LogP contribution >= 0.6 is 11.3 Å². The SMILES string of the molecule is Cc1nc(S(=O)(=O)N[C@@H]2CC[C@@H](CN3CCC4(CC3)CN(c3ncncc3Oc3ccc(F)cc3C(=O)N(C(C)C)C(C)C)C4)OC2)cs1. The Morgan fingerprint density at radius 2 is 1.90 bits per heavy atom. The minimum atomic E-state index is -3.64. The lowest BCUT2D eigenvalue weighted by Gasteiger charge is -2.54. The zero-order chi connectivity index (χ0) is 34.9. The molecule has 3 aliphatic rings. The van der Waals surface area contributed by atoms with Crippen molar-refractivity contribution >= 4 is 33.1 Å². The molecule has 3 fully saturated rings. The van der Waals surface area contributed by atoms with Crippen LogP contribution in [0.3, 0.4) is 0 Å². The molecule has 1 N–H and O–H groups in total. The van der Waals surface area contributed by atoms with Gasteiger partial charge in [-0.2, -0.15) is 0 Å². The molecule has 266 valence electrons. The van der Waals surface area contributed by atoms with Crippen molar-refractivity contribution in [1.82, 2.24) is 29.5 Å². The molecule has 15 heteroatoms. The van der Waals surface area contributed by atoms with E-state index < -0.39 is 15.8 Å². The molecule has 0 aliphatic carbocycles. The molecule has 2 atom stereocenters. The number of hydrogen-bond donors (Lipinski definition) is 1. The molecule has 2 aromatic heterocycles. The largest absolute Gasteiger partial charge is 0.451 e. The highest BCUT2D eigenvalue weighted by atomic mass is 32.2. The summed E-state index contributed by atoms with van der Waals surface area (Å²) in [6, 6.07) is 3.61. The number of aryl methyl sites for hydroxylation is 1. The van der Waals surface area contributed by atoms with Crippen LogP contribution in [0.2, 0.25) is 0 Å². The fraction of sp³-hybridized carbons (Fsp3) is 0.588. The number of amides is 1. The molecule has 0 saturated carbocycles. The number of rotatable bonds is 11. The maximum absolute atomic E-state index is 14.4. The maximum atomic E-state index is 14.4. The van der Waals surface area contributed by atoms with E-state index in [0.29, 0.717) is 18.2 Å². The number of halogens is 1. The Kier molecular flexibility index (Phi) is 10.6. The fourth-order valence-electron chi connectivity index (χ4n) is 7.22. The standard InChI is InChI=1S/C34H46FN7O5S2/c1-22(2)42(23(3)4)33(43)28-14-25(35)6-9-29(28)47-30-15-36-21-37-32(30)41-19-34(20-41)10-12-40(13-11-34)16-27-8-7-26(17-46-27)39-49(44,45)31-18-48-24(5)38-31/h6,9,14-15,18,21-23,26-27,39H,7-8,10-13,16-17,19-20H2,1-5H3/t26-,27+/m1/s1. The normalized spacial score (nSPS) is 21.3. The van der Waals surface area contributed by atoms with E-state index in [4.69, 9.17) is 9.47 Å². The number of anilines is 1. The summed E-state index contributed by atoms with van der Waals surface area (Å²) in [5, 5.41) is 2.36. The molecular formula is C34H46FN7O5S2. The van der Waals surface area contributed by atoms with Gasteiger partial charge in [0.1, 0.15) is 17.9 Å². The monoisotopic (exact) mass is 715 g/mol. The van der Waals surface area contributed by atoms with Gasteiger partial charge in [0, 0.05) is 48.6 Å². The molecule has 1 spiro atoms. The second kappa shape index (κ2) is 14.5. The summed E-state index contributed by atoms with van der Waals surface area (Å²) in [4.78, 5) is 32.7. The molecule has 0 bridgehead atoms. The van der Waals surface area contributed by atoms with Gasteiger partial charge in [0.05, 0.1) is 29.5 Å². The first-order valence-electron chi connectivity index (χ1n) is 17.0. The smallest absolute Gasteiger partial charge is 0.259 e. The van der Waals surface area contributed by atoms with E-state index in [1.165, 1.54) is 35.9 Å². The predicted octanol–water partition coefficient (Wildman–Crippen LogP) is 4.86. The molecule has 12 nitrogen and oxygen atoms in total. The number of ether oxygens (including phenoxy) is 2. The van der Waals surface area contributed by atoms with Crippen molar-refractivity contribution in [1.29, 1.82) is 0 Å². The number of nitrogens with one attached hydrogen (secondary N) is 1. The van der Waals surface area contributed by atoms with Crippen LogP contribution in [0.1, 0.15) is 68.7 Å². The van der Waals surface area contributed by atoms with Crippen LogP contribution < -0.4 is 14.4 Å². The van der Waals surface area contributed by atoms with Crippen LogP contribution in [0.5, 0.6) is 11.5 Å². The van der Waals surface area contributed by atoms with E-state index in [1.807, 2.05) is 27.7 Å². The van der Waals surface area contributed by atoms with E-state index in [0.717, 1.165) is 63.4 Å². The van der Waals surface area contributed by atoms with Gasteiger partial charge in [0.15, 0.2) is 16.6 Å². The third-order valence-corrected chi connectivity index (χ3v) is 12.0. The number of nitrogens with zero attached hydrogens (tertiary/aromatic N) is 6. The van der Waals surface area contributed by atoms with Crippen LogP contribution in [-0.4, -0.2) is 103 Å². The van der Waals surface area contributed by atoms with Crippen LogP contribution in [0.4, 0.5) is 10.2 Å². The highest BCUT2D eigenvalue weighted by Gasteiger charge is 2.46. The first-order chi connectivity index (χ1) is 23.3. The van der Waals surface area contributed by atoms with Gasteiger partial charge in [0.2, 0.25) is 0 Å². The summed E-state index contributed by atoms with van der Waals surface area (Å²) >= 11 is 1.32. The summed E-state index contributed by atoms with van der Waals surface area (Å²) < 4.78 is 54.8. The minimum Gasteiger partial charge on any atom is -0.451 e. The fourth-order valence-corrected chi connectivity index (χ4v) is 9.40. The molecule has 3 aromatic rings. The van der Waals surface area contributed by atoms with Crippen molar-refractivity contribution in [2.24, 2.45) is 5.41 Å². The van der Waals surface area contributed by atoms with Crippen molar-refractivity contribution in [3.05, 3.63) is 52.5 Å². The number of hydrogen-bond acceptors (Lipinski definition) is 11. The molecule has 6 rings (SSSR count). The molecular weight excluding hydrogens is 670 g/mol. The average molecular weight is 716 g/mol. The number of benzene rings is 1. The van der Waals surface area contributed by atoms with Crippen LogP contribution in [-0.2, 0) is 14.8 Å². The minimum absolute atomic E-state index is 0.0713. The number of aromatic nitrogens is 3. The van der Waals surface area contributed by atoms with Crippen molar-refractivity contribution in [3.8, 4) is 11.5 Å². The molecule has 3 aliphatic heterocycles. The number of piperidine rings is 1. The third kappa shape index (κ3) is 8.06. The summed E-state index contributed by atoms with van der Waals surface area (Å²) in [5.41, 5.74) is 0.337. The van der Waals surface area contributed by atoms with Crippen molar-refractivity contribution in [3.63, 3.8) is 0 Å². The highest BCUT2D eigenvalue weighted by molar-refractivity contribution is 7.89. The van der Waals surface area contributed by atoms with E-state index in [-0.39, 0.29) is 51.9 Å². The molecule has 3 saturated heterocycles. The van der Waals surface area contributed by atoms with Gasteiger partial charge >= 0.3 is 0 Å². The van der Waals surface area contributed by atoms with Crippen molar-refractivity contribution in [2.75, 3.05) is 44.2 Å². The molecule has 0 unspecified atom stereocenters. The maximum Gasteiger partial charge on any atom is 0.259 e. The van der Waals surface area contributed by atoms with Gasteiger partial charge in [-0.05, 0) is 91.6 Å². The zero-order valence-electron chi connectivity index (χ0n) is 28.8. The van der Waals surface area contributed by atoms with Gasteiger partial charge in [-0.3, -0.25) is 4.79 Å². The second-order valence-electron chi connectivity index (χ2n) is 14.1. The molecule has 5 heterocycles. The number of sulfonamides is 1. The molecule has 1 aromatic carbocycles. The Morgan fingerprint density at radius 1 is 1.16 bits per heavy atom.